The first kappa shape index (κ1) is 20.9. The van der Waals surface area contributed by atoms with E-state index in [0.29, 0.717) is 36.6 Å². The molecule has 1 aromatic heterocycles. The van der Waals surface area contributed by atoms with Gasteiger partial charge in [-0.2, -0.15) is 0 Å². The van der Waals surface area contributed by atoms with Crippen molar-refractivity contribution in [3.63, 3.8) is 0 Å². The second-order valence-electron chi connectivity index (χ2n) is 7.47. The van der Waals surface area contributed by atoms with E-state index in [1.54, 1.807) is 25.3 Å². The zero-order valence-electron chi connectivity index (χ0n) is 16.9. The van der Waals surface area contributed by atoms with Crippen LogP contribution in [0.2, 0.25) is 0 Å². The molecule has 2 heterocycles. The maximum absolute atomic E-state index is 13.0. The van der Waals surface area contributed by atoms with Gasteiger partial charge in [-0.15, -0.1) is 0 Å². The van der Waals surface area contributed by atoms with E-state index >= 15 is 0 Å². The summed E-state index contributed by atoms with van der Waals surface area (Å²) >= 11 is 0. The molecule has 0 bridgehead atoms. The largest absolute Gasteiger partial charge is 0.348 e. The summed E-state index contributed by atoms with van der Waals surface area (Å²) in [7, 11) is 0. The molecule has 0 unspecified atom stereocenters. The van der Waals surface area contributed by atoms with Gasteiger partial charge in [-0.25, -0.2) is 14.4 Å². The highest BCUT2D eigenvalue weighted by Gasteiger charge is 2.26. The van der Waals surface area contributed by atoms with Crippen LogP contribution in [-0.2, 0) is 11.3 Å². The zero-order chi connectivity index (χ0) is 20.8. The van der Waals surface area contributed by atoms with Crippen molar-refractivity contribution in [3.8, 4) is 0 Å². The molecule has 1 atom stereocenters. The Hall–Kier alpha value is -2.83. The van der Waals surface area contributed by atoms with E-state index in [1.807, 2.05) is 11.8 Å². The van der Waals surface area contributed by atoms with Crippen LogP contribution >= 0.6 is 0 Å². The molecular formula is C22H27FN4O2. The number of hydrogen-bond donors (Lipinski definition) is 1. The van der Waals surface area contributed by atoms with Crippen molar-refractivity contribution >= 4 is 11.8 Å². The number of benzene rings is 1. The lowest BCUT2D eigenvalue weighted by Gasteiger charge is -2.32. The fourth-order valence-electron chi connectivity index (χ4n) is 3.57. The van der Waals surface area contributed by atoms with Crippen LogP contribution in [0.3, 0.4) is 0 Å². The molecule has 7 heteroatoms. The fourth-order valence-corrected chi connectivity index (χ4v) is 3.57. The summed E-state index contributed by atoms with van der Waals surface area (Å²) < 4.78 is 13.0. The first-order valence-electron chi connectivity index (χ1n) is 10.1. The summed E-state index contributed by atoms with van der Waals surface area (Å²) in [6.07, 6.45) is 4.84. The van der Waals surface area contributed by atoms with Gasteiger partial charge in [0.1, 0.15) is 11.6 Å². The molecule has 1 fully saturated rings. The molecule has 29 heavy (non-hydrogen) atoms. The third kappa shape index (κ3) is 5.37. The minimum Gasteiger partial charge on any atom is -0.348 e. The van der Waals surface area contributed by atoms with Gasteiger partial charge in [0.25, 0.3) is 5.91 Å². The van der Waals surface area contributed by atoms with Crippen LogP contribution in [0.4, 0.5) is 4.39 Å². The van der Waals surface area contributed by atoms with Gasteiger partial charge in [0.05, 0.1) is 11.3 Å². The fraction of sp³-hybridized carbons (Fsp3) is 0.455. The first-order valence-corrected chi connectivity index (χ1v) is 10.1. The number of halogens is 1. The average Bonchev–Trinajstić information content (AvgIpc) is 2.73. The molecule has 1 N–H and O–H groups in total. The highest BCUT2D eigenvalue weighted by atomic mass is 19.1. The Kier molecular flexibility index (Phi) is 6.90. The molecule has 1 aliphatic rings. The van der Waals surface area contributed by atoms with Crippen LogP contribution in [0.5, 0.6) is 0 Å². The summed E-state index contributed by atoms with van der Waals surface area (Å²) in [5.41, 5.74) is 1.85. The van der Waals surface area contributed by atoms with Gasteiger partial charge in [-0.05, 0) is 43.9 Å². The van der Waals surface area contributed by atoms with E-state index in [2.05, 4.69) is 15.3 Å². The van der Waals surface area contributed by atoms with Crippen LogP contribution in [0.25, 0.3) is 0 Å². The van der Waals surface area contributed by atoms with Gasteiger partial charge in [-0.3, -0.25) is 9.59 Å². The van der Waals surface area contributed by atoms with Gasteiger partial charge in [0.15, 0.2) is 0 Å². The average molecular weight is 398 g/mol. The molecule has 2 amide bonds. The molecule has 0 aliphatic carbocycles. The third-order valence-corrected chi connectivity index (χ3v) is 5.21. The Balaban J connectivity index is 1.63. The molecule has 2 aromatic rings. The number of likely N-dealkylation sites (tertiary alicyclic amines) is 1. The SMILES string of the molecule is CCCC(=O)N1CCC[C@@H](c2ncc(C(=O)NCc3ccc(F)cc3)c(C)n2)C1. The zero-order valence-corrected chi connectivity index (χ0v) is 16.9. The van der Waals surface area contributed by atoms with Crippen molar-refractivity contribution < 1.29 is 14.0 Å². The second-order valence-corrected chi connectivity index (χ2v) is 7.47. The van der Waals surface area contributed by atoms with Crippen molar-refractivity contribution in [3.05, 3.63) is 58.9 Å². The molecule has 0 spiro atoms. The van der Waals surface area contributed by atoms with E-state index in [1.165, 1.54) is 12.1 Å². The number of hydrogen-bond acceptors (Lipinski definition) is 4. The Morgan fingerprint density at radius 3 is 2.72 bits per heavy atom. The molecule has 1 aromatic carbocycles. The minimum atomic E-state index is -0.308. The predicted octanol–water partition coefficient (Wildman–Crippen LogP) is 3.36. The monoisotopic (exact) mass is 398 g/mol. The normalized spacial score (nSPS) is 16.5. The molecule has 0 radical (unpaired) electrons. The van der Waals surface area contributed by atoms with Crippen LogP contribution in [-0.4, -0.2) is 39.8 Å². The molecular weight excluding hydrogens is 371 g/mol. The van der Waals surface area contributed by atoms with E-state index in [9.17, 15) is 14.0 Å². The summed E-state index contributed by atoms with van der Waals surface area (Å²) in [4.78, 5) is 35.6. The topological polar surface area (TPSA) is 75.2 Å². The summed E-state index contributed by atoms with van der Waals surface area (Å²) in [5.74, 6) is 0.399. The van der Waals surface area contributed by atoms with E-state index in [4.69, 9.17) is 0 Å². The van der Waals surface area contributed by atoms with Gasteiger partial charge in [0.2, 0.25) is 5.91 Å². The minimum absolute atomic E-state index is 0.0968. The number of nitrogens with one attached hydrogen (secondary N) is 1. The molecule has 1 saturated heterocycles. The molecule has 154 valence electrons. The number of piperidine rings is 1. The summed E-state index contributed by atoms with van der Waals surface area (Å²) in [6.45, 7) is 5.52. The lowest BCUT2D eigenvalue weighted by molar-refractivity contribution is -0.132. The molecule has 3 rings (SSSR count). The first-order chi connectivity index (χ1) is 14.0. The third-order valence-electron chi connectivity index (χ3n) is 5.21. The Morgan fingerprint density at radius 2 is 2.03 bits per heavy atom. The number of aryl methyl sites for hydroxylation is 1. The molecule has 1 aliphatic heterocycles. The maximum atomic E-state index is 13.0. The number of carbonyl (C=O) groups excluding carboxylic acids is 2. The summed E-state index contributed by atoms with van der Waals surface area (Å²) in [6, 6.07) is 6.00. The number of amides is 2. The van der Waals surface area contributed by atoms with E-state index in [-0.39, 0.29) is 23.5 Å². The van der Waals surface area contributed by atoms with E-state index < -0.39 is 0 Å². The van der Waals surface area contributed by atoms with Gasteiger partial charge < -0.3 is 10.2 Å². The van der Waals surface area contributed by atoms with Crippen LogP contribution < -0.4 is 5.32 Å². The van der Waals surface area contributed by atoms with Gasteiger partial charge in [0, 0.05) is 38.2 Å². The van der Waals surface area contributed by atoms with Crippen molar-refractivity contribution in [2.24, 2.45) is 0 Å². The number of carbonyl (C=O) groups is 2. The van der Waals surface area contributed by atoms with Gasteiger partial charge >= 0.3 is 0 Å². The quantitative estimate of drug-likeness (QED) is 0.810. The lowest BCUT2D eigenvalue weighted by atomic mass is 9.96. The second kappa shape index (κ2) is 9.58. The molecule has 6 nitrogen and oxygen atoms in total. The predicted molar refractivity (Wildman–Crippen MR) is 108 cm³/mol. The Morgan fingerprint density at radius 1 is 1.28 bits per heavy atom. The van der Waals surface area contributed by atoms with Crippen molar-refractivity contribution in [1.29, 1.82) is 0 Å². The van der Waals surface area contributed by atoms with Crippen molar-refractivity contribution in [1.82, 2.24) is 20.2 Å². The number of rotatable bonds is 6. The van der Waals surface area contributed by atoms with Crippen molar-refractivity contribution in [2.45, 2.75) is 52.0 Å². The van der Waals surface area contributed by atoms with Crippen LogP contribution in [0.1, 0.15) is 66.0 Å². The standard InChI is InChI=1S/C22H27FN4O2/c1-3-5-20(28)27-11-4-6-17(14-27)21-24-13-19(15(2)26-21)22(29)25-12-16-7-9-18(23)10-8-16/h7-10,13,17H,3-6,11-12,14H2,1-2H3,(H,25,29)/t17-/m1/s1. The maximum Gasteiger partial charge on any atom is 0.254 e. The highest BCUT2D eigenvalue weighted by molar-refractivity contribution is 5.94. The smallest absolute Gasteiger partial charge is 0.254 e. The van der Waals surface area contributed by atoms with Crippen LogP contribution in [0, 0.1) is 12.7 Å². The van der Waals surface area contributed by atoms with E-state index in [0.717, 1.165) is 31.4 Å². The van der Waals surface area contributed by atoms with Crippen LogP contribution in [0.15, 0.2) is 30.5 Å². The van der Waals surface area contributed by atoms with Crippen molar-refractivity contribution in [2.75, 3.05) is 13.1 Å². The van der Waals surface area contributed by atoms with Gasteiger partial charge in [-0.1, -0.05) is 19.1 Å². The Labute approximate surface area is 170 Å². The Bertz CT molecular complexity index is 870. The molecule has 0 saturated carbocycles. The number of aromatic nitrogens is 2. The number of nitrogens with zero attached hydrogens (tertiary/aromatic N) is 3. The summed E-state index contributed by atoms with van der Waals surface area (Å²) in [5, 5.41) is 2.82. The lowest BCUT2D eigenvalue weighted by Crippen LogP contribution is -2.39. The highest BCUT2D eigenvalue weighted by Crippen LogP contribution is 2.25.